The second-order valence-electron chi connectivity index (χ2n) is 5.61. The van der Waals surface area contributed by atoms with Crippen molar-refractivity contribution in [2.75, 3.05) is 0 Å². The molecule has 110 valence electrons. The monoisotopic (exact) mass is 284 g/mol. The number of hydrogen-bond acceptors (Lipinski definition) is 3. The molecule has 0 aliphatic heterocycles. The predicted octanol–water partition coefficient (Wildman–Crippen LogP) is 2.99. The average molecular weight is 284 g/mol. The number of phenols is 1. The molecule has 4 nitrogen and oxygen atoms in total. The van der Waals surface area contributed by atoms with Gasteiger partial charge in [0.15, 0.2) is 0 Å². The van der Waals surface area contributed by atoms with Crippen LogP contribution in [0.1, 0.15) is 38.2 Å². The standard InChI is InChI=1S/C17H20N2O2/c1-12-5-2-3-8-16(12)19-17(21)14(11-18)9-13-6-4-7-15(20)10-13/h4,6-7,9-10,12,16,20H,2-3,5,8H2,1H3,(H,19,21)/b14-9+/t12-,16+/m0/s1. The van der Waals surface area contributed by atoms with Crippen molar-refractivity contribution in [2.45, 2.75) is 38.6 Å². The molecule has 0 spiro atoms. The highest BCUT2D eigenvalue weighted by molar-refractivity contribution is 6.01. The van der Waals surface area contributed by atoms with Crippen LogP contribution in [0.25, 0.3) is 6.08 Å². The Hall–Kier alpha value is -2.28. The molecule has 4 heteroatoms. The molecule has 21 heavy (non-hydrogen) atoms. The van der Waals surface area contributed by atoms with E-state index in [0.29, 0.717) is 11.5 Å². The summed E-state index contributed by atoms with van der Waals surface area (Å²) in [6.07, 6.45) is 5.91. The quantitative estimate of drug-likeness (QED) is 0.662. The van der Waals surface area contributed by atoms with Crippen molar-refractivity contribution >= 4 is 12.0 Å². The lowest BCUT2D eigenvalue weighted by atomic mass is 9.86. The number of rotatable bonds is 3. The topological polar surface area (TPSA) is 73.1 Å². The molecular weight excluding hydrogens is 264 g/mol. The highest BCUT2D eigenvalue weighted by atomic mass is 16.3. The molecule has 0 saturated heterocycles. The van der Waals surface area contributed by atoms with Gasteiger partial charge in [-0.2, -0.15) is 5.26 Å². The Morgan fingerprint density at radius 3 is 2.86 bits per heavy atom. The SMILES string of the molecule is C[C@H]1CCCC[C@H]1NC(=O)/C(C#N)=C/c1cccc(O)c1. The maximum atomic E-state index is 12.2. The smallest absolute Gasteiger partial charge is 0.262 e. The number of benzene rings is 1. The molecule has 1 aromatic rings. The van der Waals surface area contributed by atoms with E-state index in [4.69, 9.17) is 0 Å². The molecule has 1 aromatic carbocycles. The molecule has 2 N–H and O–H groups in total. The third kappa shape index (κ3) is 4.09. The number of hydrogen-bond donors (Lipinski definition) is 2. The Morgan fingerprint density at radius 2 is 2.19 bits per heavy atom. The first-order valence-corrected chi connectivity index (χ1v) is 7.32. The zero-order valence-corrected chi connectivity index (χ0v) is 12.2. The van der Waals surface area contributed by atoms with Crippen LogP contribution in [0.4, 0.5) is 0 Å². The van der Waals surface area contributed by atoms with Crippen LogP contribution < -0.4 is 5.32 Å². The summed E-state index contributed by atoms with van der Waals surface area (Å²) in [5, 5.41) is 21.6. The summed E-state index contributed by atoms with van der Waals surface area (Å²) in [5.41, 5.74) is 0.705. The van der Waals surface area contributed by atoms with Crippen molar-refractivity contribution in [3.05, 3.63) is 35.4 Å². The lowest BCUT2D eigenvalue weighted by Gasteiger charge is -2.29. The Morgan fingerprint density at radius 1 is 1.43 bits per heavy atom. The van der Waals surface area contributed by atoms with Crippen LogP contribution in [0.5, 0.6) is 5.75 Å². The van der Waals surface area contributed by atoms with E-state index in [-0.39, 0.29) is 23.3 Å². The van der Waals surface area contributed by atoms with Crippen molar-refractivity contribution in [3.63, 3.8) is 0 Å². The zero-order valence-electron chi connectivity index (χ0n) is 12.2. The van der Waals surface area contributed by atoms with Crippen LogP contribution in [0.2, 0.25) is 0 Å². The number of amides is 1. The highest BCUT2D eigenvalue weighted by Gasteiger charge is 2.23. The van der Waals surface area contributed by atoms with E-state index in [1.54, 1.807) is 18.2 Å². The number of nitrogens with zero attached hydrogens (tertiary/aromatic N) is 1. The lowest BCUT2D eigenvalue weighted by molar-refractivity contribution is -0.118. The van der Waals surface area contributed by atoms with E-state index in [9.17, 15) is 15.2 Å². The van der Waals surface area contributed by atoms with Gasteiger partial charge in [0.25, 0.3) is 5.91 Å². The third-order valence-electron chi connectivity index (χ3n) is 3.97. The molecule has 1 amide bonds. The number of aromatic hydroxyl groups is 1. The van der Waals surface area contributed by atoms with Gasteiger partial charge in [0.2, 0.25) is 0 Å². The van der Waals surface area contributed by atoms with Gasteiger partial charge in [-0.05, 0) is 42.5 Å². The van der Waals surface area contributed by atoms with Crippen LogP contribution in [-0.2, 0) is 4.79 Å². The number of carbonyl (C=O) groups is 1. The Labute approximate surface area is 125 Å². The molecule has 0 heterocycles. The summed E-state index contributed by atoms with van der Waals surface area (Å²) in [4.78, 5) is 12.2. The van der Waals surface area contributed by atoms with Gasteiger partial charge in [-0.3, -0.25) is 4.79 Å². The van der Waals surface area contributed by atoms with Gasteiger partial charge in [-0.15, -0.1) is 0 Å². The fraction of sp³-hybridized carbons (Fsp3) is 0.412. The van der Waals surface area contributed by atoms with E-state index in [0.717, 1.165) is 19.3 Å². The van der Waals surface area contributed by atoms with Crippen LogP contribution >= 0.6 is 0 Å². The second-order valence-corrected chi connectivity index (χ2v) is 5.61. The summed E-state index contributed by atoms with van der Waals surface area (Å²) in [6, 6.07) is 8.58. The van der Waals surface area contributed by atoms with Crippen molar-refractivity contribution in [3.8, 4) is 11.8 Å². The second kappa shape index (κ2) is 6.94. The van der Waals surface area contributed by atoms with Crippen LogP contribution in [0.15, 0.2) is 29.8 Å². The summed E-state index contributed by atoms with van der Waals surface area (Å²) in [5.74, 6) is 0.227. The van der Waals surface area contributed by atoms with Gasteiger partial charge in [-0.25, -0.2) is 0 Å². The van der Waals surface area contributed by atoms with Crippen molar-refractivity contribution in [1.29, 1.82) is 5.26 Å². The minimum Gasteiger partial charge on any atom is -0.508 e. The zero-order chi connectivity index (χ0) is 15.2. The average Bonchev–Trinajstić information content (AvgIpc) is 2.47. The van der Waals surface area contributed by atoms with Crippen molar-refractivity contribution < 1.29 is 9.90 Å². The molecule has 1 aliphatic carbocycles. The molecule has 1 aliphatic rings. The largest absolute Gasteiger partial charge is 0.508 e. The van der Waals surface area contributed by atoms with Gasteiger partial charge in [0.05, 0.1) is 0 Å². The summed E-state index contributed by atoms with van der Waals surface area (Å²) < 4.78 is 0. The van der Waals surface area contributed by atoms with E-state index in [2.05, 4.69) is 12.2 Å². The van der Waals surface area contributed by atoms with Crippen molar-refractivity contribution in [1.82, 2.24) is 5.32 Å². The number of nitriles is 1. The molecule has 0 aromatic heterocycles. The van der Waals surface area contributed by atoms with Gasteiger partial charge >= 0.3 is 0 Å². The number of carbonyl (C=O) groups excluding carboxylic acids is 1. The van der Waals surface area contributed by atoms with Crippen LogP contribution in [0.3, 0.4) is 0 Å². The van der Waals surface area contributed by atoms with Crippen LogP contribution in [-0.4, -0.2) is 17.1 Å². The molecule has 0 unspecified atom stereocenters. The van der Waals surface area contributed by atoms with Gasteiger partial charge in [0, 0.05) is 6.04 Å². The molecule has 1 saturated carbocycles. The third-order valence-corrected chi connectivity index (χ3v) is 3.97. The summed E-state index contributed by atoms with van der Waals surface area (Å²) in [7, 11) is 0. The molecule has 2 rings (SSSR count). The van der Waals surface area contributed by atoms with Gasteiger partial charge in [0.1, 0.15) is 17.4 Å². The Kier molecular flexibility index (Phi) is 4.99. The molecule has 2 atom stereocenters. The number of phenolic OH excluding ortho intramolecular Hbond substituents is 1. The number of nitrogens with one attached hydrogen (secondary N) is 1. The fourth-order valence-electron chi connectivity index (χ4n) is 2.71. The summed E-state index contributed by atoms with van der Waals surface area (Å²) >= 11 is 0. The minimum atomic E-state index is -0.334. The molecule has 0 radical (unpaired) electrons. The summed E-state index contributed by atoms with van der Waals surface area (Å²) in [6.45, 7) is 2.13. The first-order chi connectivity index (χ1) is 10.1. The van der Waals surface area contributed by atoms with Gasteiger partial charge in [-0.1, -0.05) is 31.9 Å². The maximum Gasteiger partial charge on any atom is 0.262 e. The van der Waals surface area contributed by atoms with E-state index in [1.807, 2.05) is 6.07 Å². The molecule has 1 fully saturated rings. The van der Waals surface area contributed by atoms with E-state index >= 15 is 0 Å². The fourth-order valence-corrected chi connectivity index (χ4v) is 2.71. The lowest BCUT2D eigenvalue weighted by Crippen LogP contribution is -2.41. The Bertz CT molecular complexity index is 587. The van der Waals surface area contributed by atoms with Crippen molar-refractivity contribution in [2.24, 2.45) is 5.92 Å². The minimum absolute atomic E-state index is 0.0679. The van der Waals surface area contributed by atoms with E-state index in [1.165, 1.54) is 18.6 Å². The maximum absolute atomic E-state index is 12.2. The highest BCUT2D eigenvalue weighted by Crippen LogP contribution is 2.24. The van der Waals surface area contributed by atoms with Gasteiger partial charge < -0.3 is 10.4 Å². The first-order valence-electron chi connectivity index (χ1n) is 7.32. The van der Waals surface area contributed by atoms with E-state index < -0.39 is 0 Å². The molecular formula is C17H20N2O2. The predicted molar refractivity (Wildman–Crippen MR) is 81.3 cm³/mol. The van der Waals surface area contributed by atoms with Crippen LogP contribution in [0, 0.1) is 17.2 Å². The first kappa shape index (κ1) is 15.1. The molecule has 0 bridgehead atoms. The normalized spacial score (nSPS) is 22.4. The Balaban J connectivity index is 2.10.